The number of rotatable bonds is 3. The molecule has 0 spiro atoms. The van der Waals surface area contributed by atoms with Crippen LogP contribution in [0.4, 0.5) is 11.4 Å². The molecule has 0 radical (unpaired) electrons. The van der Waals surface area contributed by atoms with Crippen LogP contribution in [0.15, 0.2) is 42.7 Å². The van der Waals surface area contributed by atoms with Crippen LogP contribution in [0.1, 0.15) is 5.56 Å². The summed E-state index contributed by atoms with van der Waals surface area (Å²) < 4.78 is 0. The van der Waals surface area contributed by atoms with Crippen molar-refractivity contribution in [3.63, 3.8) is 0 Å². The van der Waals surface area contributed by atoms with Gasteiger partial charge in [-0.05, 0) is 29.8 Å². The van der Waals surface area contributed by atoms with Crippen LogP contribution in [0, 0.1) is 0 Å². The van der Waals surface area contributed by atoms with Crippen LogP contribution in [0.2, 0.25) is 5.02 Å². The van der Waals surface area contributed by atoms with E-state index in [9.17, 15) is 0 Å². The van der Waals surface area contributed by atoms with Crippen molar-refractivity contribution < 1.29 is 0 Å². The van der Waals surface area contributed by atoms with E-state index in [-0.39, 0.29) is 0 Å². The zero-order valence-corrected chi connectivity index (χ0v) is 9.41. The highest BCUT2D eigenvalue weighted by atomic mass is 35.5. The number of aromatic nitrogens is 1. The Morgan fingerprint density at radius 3 is 2.69 bits per heavy atom. The van der Waals surface area contributed by atoms with Gasteiger partial charge < -0.3 is 11.1 Å². The minimum atomic E-state index is 0.569. The van der Waals surface area contributed by atoms with Gasteiger partial charge in [0.05, 0.1) is 16.4 Å². The van der Waals surface area contributed by atoms with Gasteiger partial charge in [0.1, 0.15) is 0 Å². The van der Waals surface area contributed by atoms with E-state index in [1.807, 2.05) is 24.3 Å². The van der Waals surface area contributed by atoms with Crippen molar-refractivity contribution in [1.29, 1.82) is 0 Å². The van der Waals surface area contributed by atoms with Crippen molar-refractivity contribution in [3.05, 3.63) is 53.3 Å². The molecule has 0 atom stereocenters. The molecule has 0 unspecified atom stereocenters. The largest absolute Gasteiger partial charge is 0.396 e. The maximum Gasteiger partial charge on any atom is 0.0739 e. The van der Waals surface area contributed by atoms with Crippen LogP contribution < -0.4 is 11.1 Å². The highest BCUT2D eigenvalue weighted by Crippen LogP contribution is 2.26. The molecule has 0 aliphatic rings. The van der Waals surface area contributed by atoms with Gasteiger partial charge >= 0.3 is 0 Å². The Balaban J connectivity index is 2.08. The summed E-state index contributed by atoms with van der Waals surface area (Å²) in [6.07, 6.45) is 3.52. The smallest absolute Gasteiger partial charge is 0.0739 e. The lowest BCUT2D eigenvalue weighted by molar-refractivity contribution is 1.13. The highest BCUT2D eigenvalue weighted by Gasteiger charge is 2.01. The highest BCUT2D eigenvalue weighted by molar-refractivity contribution is 6.33. The second kappa shape index (κ2) is 4.86. The minimum absolute atomic E-state index is 0.569. The summed E-state index contributed by atoms with van der Waals surface area (Å²) in [7, 11) is 0. The lowest BCUT2D eigenvalue weighted by atomic mass is 10.2. The molecule has 0 aliphatic carbocycles. The maximum atomic E-state index is 5.92. The van der Waals surface area contributed by atoms with Gasteiger partial charge in [0, 0.05) is 18.9 Å². The Kier molecular flexibility index (Phi) is 3.27. The summed E-state index contributed by atoms with van der Waals surface area (Å²) in [5, 5.41) is 3.80. The molecule has 3 nitrogen and oxygen atoms in total. The molecule has 1 aromatic carbocycles. The molecule has 0 saturated carbocycles. The fourth-order valence-corrected chi connectivity index (χ4v) is 1.56. The van der Waals surface area contributed by atoms with E-state index in [0.29, 0.717) is 17.3 Å². The van der Waals surface area contributed by atoms with Gasteiger partial charge in [-0.1, -0.05) is 17.7 Å². The molecule has 1 heterocycles. The Labute approximate surface area is 99.3 Å². The molecule has 3 N–H and O–H groups in total. The monoisotopic (exact) mass is 233 g/mol. The topological polar surface area (TPSA) is 50.9 Å². The van der Waals surface area contributed by atoms with E-state index >= 15 is 0 Å². The van der Waals surface area contributed by atoms with E-state index in [0.717, 1.165) is 11.3 Å². The van der Waals surface area contributed by atoms with Gasteiger partial charge in [-0.25, -0.2) is 0 Å². The predicted octanol–water partition coefficient (Wildman–Crippen LogP) is 2.93. The van der Waals surface area contributed by atoms with E-state index < -0.39 is 0 Å². The Morgan fingerprint density at radius 2 is 1.94 bits per heavy atom. The summed E-state index contributed by atoms with van der Waals surface area (Å²) in [6, 6.07) is 9.45. The molecular formula is C12H12ClN3. The number of halogens is 1. The van der Waals surface area contributed by atoms with Crippen molar-refractivity contribution in [2.75, 3.05) is 11.1 Å². The number of anilines is 2. The number of hydrogen-bond donors (Lipinski definition) is 2. The number of hydrogen-bond acceptors (Lipinski definition) is 3. The zero-order valence-electron chi connectivity index (χ0n) is 8.65. The van der Waals surface area contributed by atoms with E-state index in [1.54, 1.807) is 18.5 Å². The molecule has 2 rings (SSSR count). The summed E-state index contributed by atoms with van der Waals surface area (Å²) >= 11 is 5.92. The summed E-state index contributed by atoms with van der Waals surface area (Å²) in [5.74, 6) is 0. The Morgan fingerprint density at radius 1 is 1.19 bits per heavy atom. The molecule has 0 saturated heterocycles. The van der Waals surface area contributed by atoms with E-state index in [2.05, 4.69) is 10.3 Å². The minimum Gasteiger partial charge on any atom is -0.396 e. The molecule has 0 bridgehead atoms. The van der Waals surface area contributed by atoms with Gasteiger partial charge in [-0.2, -0.15) is 0 Å². The van der Waals surface area contributed by atoms with Crippen molar-refractivity contribution >= 4 is 23.0 Å². The summed E-state index contributed by atoms with van der Waals surface area (Å²) in [6.45, 7) is 0.701. The predicted molar refractivity (Wildman–Crippen MR) is 67.4 cm³/mol. The number of nitrogens with one attached hydrogen (secondary N) is 1. The number of nitrogens with two attached hydrogens (primary N) is 1. The second-order valence-electron chi connectivity index (χ2n) is 3.41. The van der Waals surface area contributed by atoms with Crippen molar-refractivity contribution in [1.82, 2.24) is 4.98 Å². The third-order valence-electron chi connectivity index (χ3n) is 2.29. The number of nitrogen functional groups attached to an aromatic ring is 1. The maximum absolute atomic E-state index is 5.92. The molecule has 0 amide bonds. The first-order valence-corrected chi connectivity index (χ1v) is 5.32. The average molecular weight is 234 g/mol. The molecule has 1 aromatic heterocycles. The van der Waals surface area contributed by atoms with Gasteiger partial charge in [0.15, 0.2) is 0 Å². The normalized spacial score (nSPS) is 10.1. The van der Waals surface area contributed by atoms with E-state index in [4.69, 9.17) is 17.3 Å². The zero-order chi connectivity index (χ0) is 11.4. The second-order valence-corrected chi connectivity index (χ2v) is 3.82. The third-order valence-corrected chi connectivity index (χ3v) is 2.61. The van der Waals surface area contributed by atoms with Gasteiger partial charge in [-0.15, -0.1) is 0 Å². The van der Waals surface area contributed by atoms with Crippen LogP contribution in [0.5, 0.6) is 0 Å². The van der Waals surface area contributed by atoms with E-state index in [1.165, 1.54) is 0 Å². The molecule has 16 heavy (non-hydrogen) atoms. The van der Waals surface area contributed by atoms with Crippen LogP contribution >= 0.6 is 11.6 Å². The Bertz CT molecular complexity index is 471. The SMILES string of the molecule is Nc1c(Cl)cccc1NCc1ccncc1. The van der Waals surface area contributed by atoms with Gasteiger partial charge in [-0.3, -0.25) is 4.98 Å². The first-order chi connectivity index (χ1) is 7.77. The molecule has 0 fully saturated rings. The van der Waals surface area contributed by atoms with Gasteiger partial charge in [0.25, 0.3) is 0 Å². The fraction of sp³-hybridized carbons (Fsp3) is 0.0833. The Hall–Kier alpha value is -1.74. The number of nitrogens with zero attached hydrogens (tertiary/aromatic N) is 1. The summed E-state index contributed by atoms with van der Waals surface area (Å²) in [5.41, 5.74) is 8.42. The van der Waals surface area contributed by atoms with Crippen molar-refractivity contribution in [2.24, 2.45) is 0 Å². The summed E-state index contributed by atoms with van der Waals surface area (Å²) in [4.78, 5) is 3.96. The van der Waals surface area contributed by atoms with Crippen LogP contribution in [0.25, 0.3) is 0 Å². The molecule has 82 valence electrons. The number of pyridine rings is 1. The standard InChI is InChI=1S/C12H12ClN3/c13-10-2-1-3-11(12(10)14)16-8-9-4-6-15-7-5-9/h1-7,16H,8,14H2. The average Bonchev–Trinajstić information content (AvgIpc) is 2.32. The first kappa shape index (κ1) is 10.8. The first-order valence-electron chi connectivity index (χ1n) is 4.94. The van der Waals surface area contributed by atoms with Gasteiger partial charge in [0.2, 0.25) is 0 Å². The van der Waals surface area contributed by atoms with Crippen molar-refractivity contribution in [3.8, 4) is 0 Å². The lowest BCUT2D eigenvalue weighted by Crippen LogP contribution is -2.02. The van der Waals surface area contributed by atoms with Crippen LogP contribution in [-0.4, -0.2) is 4.98 Å². The number of benzene rings is 1. The third kappa shape index (κ3) is 2.44. The molecule has 4 heteroatoms. The number of para-hydroxylation sites is 1. The fourth-order valence-electron chi connectivity index (χ4n) is 1.39. The molecule has 0 aliphatic heterocycles. The van der Waals surface area contributed by atoms with Crippen LogP contribution in [0.3, 0.4) is 0 Å². The van der Waals surface area contributed by atoms with Crippen LogP contribution in [-0.2, 0) is 6.54 Å². The lowest BCUT2D eigenvalue weighted by Gasteiger charge is -2.09. The molecular weight excluding hydrogens is 222 g/mol. The van der Waals surface area contributed by atoms with Crippen molar-refractivity contribution in [2.45, 2.75) is 6.54 Å². The quantitative estimate of drug-likeness (QED) is 0.802. The molecule has 2 aromatic rings.